The summed E-state index contributed by atoms with van der Waals surface area (Å²) in [6.45, 7) is 5.71. The average molecular weight is 597 g/mol. The van der Waals surface area contributed by atoms with Crippen LogP contribution >= 0.6 is 0 Å². The van der Waals surface area contributed by atoms with E-state index in [2.05, 4.69) is 22.5 Å². The van der Waals surface area contributed by atoms with Crippen molar-refractivity contribution < 1.29 is 38.2 Å². The van der Waals surface area contributed by atoms with Crippen molar-refractivity contribution in [2.75, 3.05) is 13.7 Å². The largest absolute Gasteiger partial charge is 0.467 e. The average Bonchev–Trinajstić information content (AvgIpc) is 3.48. The molecule has 3 N–H and O–H groups in total. The first kappa shape index (κ1) is 31.6. The summed E-state index contributed by atoms with van der Waals surface area (Å²) in [6, 6.07) is 5.56. The Bertz CT molecular complexity index is 1250. The summed E-state index contributed by atoms with van der Waals surface area (Å²) in [7, 11) is 1.26. The van der Waals surface area contributed by atoms with Crippen LogP contribution in [0, 0.1) is 5.92 Å². The van der Waals surface area contributed by atoms with Gasteiger partial charge in [-0.2, -0.15) is 0 Å². The van der Waals surface area contributed by atoms with Crippen LogP contribution in [0.5, 0.6) is 0 Å². The first-order valence-electron chi connectivity index (χ1n) is 14.6. The van der Waals surface area contributed by atoms with Gasteiger partial charge in [-0.15, -0.1) is 0 Å². The highest BCUT2D eigenvalue weighted by atomic mass is 16.6. The van der Waals surface area contributed by atoms with E-state index in [-0.39, 0.29) is 24.7 Å². The molecule has 12 heteroatoms. The molecular weight excluding hydrogens is 556 g/mol. The Labute approximate surface area is 251 Å². The zero-order valence-corrected chi connectivity index (χ0v) is 24.7. The molecule has 232 valence electrons. The van der Waals surface area contributed by atoms with Gasteiger partial charge in [0.1, 0.15) is 17.6 Å². The van der Waals surface area contributed by atoms with Crippen molar-refractivity contribution in [2.45, 2.75) is 82.6 Å². The van der Waals surface area contributed by atoms with Crippen LogP contribution in [-0.2, 0) is 41.7 Å². The number of nitrogens with one attached hydrogen (secondary N) is 3. The van der Waals surface area contributed by atoms with Crippen LogP contribution in [0.4, 0.5) is 9.59 Å². The molecule has 4 amide bonds. The second kappa shape index (κ2) is 14.2. The molecule has 1 aromatic carbocycles. The van der Waals surface area contributed by atoms with Crippen LogP contribution in [-0.4, -0.2) is 66.2 Å². The van der Waals surface area contributed by atoms with Crippen molar-refractivity contribution in [3.63, 3.8) is 0 Å². The third-order valence-corrected chi connectivity index (χ3v) is 7.88. The molecule has 0 bridgehead atoms. The molecule has 0 spiro atoms. The van der Waals surface area contributed by atoms with Gasteiger partial charge in [-0.1, -0.05) is 55.8 Å². The lowest BCUT2D eigenvalue weighted by Gasteiger charge is -2.25. The zero-order chi connectivity index (χ0) is 31.0. The van der Waals surface area contributed by atoms with E-state index in [0.29, 0.717) is 32.4 Å². The lowest BCUT2D eigenvalue weighted by molar-refractivity contribution is -0.147. The van der Waals surface area contributed by atoms with Crippen LogP contribution in [0.25, 0.3) is 0 Å². The number of hydrogen-bond acceptors (Lipinski definition) is 8. The molecule has 43 heavy (non-hydrogen) atoms. The predicted molar refractivity (Wildman–Crippen MR) is 155 cm³/mol. The van der Waals surface area contributed by atoms with Gasteiger partial charge in [0.25, 0.3) is 0 Å². The highest BCUT2D eigenvalue weighted by Gasteiger charge is 2.61. The summed E-state index contributed by atoms with van der Waals surface area (Å²) in [5, 5.41) is 8.04. The van der Waals surface area contributed by atoms with Crippen molar-refractivity contribution in [1.82, 2.24) is 20.9 Å². The monoisotopic (exact) mass is 596 g/mol. The van der Waals surface area contributed by atoms with Crippen molar-refractivity contribution in [2.24, 2.45) is 5.92 Å². The van der Waals surface area contributed by atoms with E-state index < -0.39 is 47.6 Å². The summed E-state index contributed by atoms with van der Waals surface area (Å²) in [4.78, 5) is 66.4. The second-order valence-electron chi connectivity index (χ2n) is 11.2. The summed E-state index contributed by atoms with van der Waals surface area (Å²) in [6.07, 6.45) is 6.19. The Hall–Kier alpha value is -4.35. The van der Waals surface area contributed by atoms with Gasteiger partial charge in [0, 0.05) is 25.4 Å². The first-order valence-corrected chi connectivity index (χ1v) is 14.6. The molecule has 1 saturated carbocycles. The highest BCUT2D eigenvalue weighted by molar-refractivity contribution is 5.96. The molecule has 0 saturated heterocycles. The number of hydrogen-bond donors (Lipinski definition) is 3. The standard InChI is InChI=1S/C31H40N4O8/c1-20(2)43-29(39)33-24-14-8-6-4-5-7-13-23-17-31(23,28(38)41-3)34-27(37)25(32-26(24)36)15-16-42-30(40)35-18-21-11-9-10-12-22(21)19-35/h7,9-13,23-25H,1,4-6,8,14-19H2,2-3H3,(H,32,36)(H,33,39)(H,34,37)/b13-7-/t23?,24-,25-,31+/m0/s1. The number of alkyl carbamates (subject to hydrolysis) is 1. The van der Waals surface area contributed by atoms with Crippen LogP contribution in [0.3, 0.4) is 0 Å². The summed E-state index contributed by atoms with van der Waals surface area (Å²) >= 11 is 0. The van der Waals surface area contributed by atoms with E-state index in [0.717, 1.165) is 30.4 Å². The maximum Gasteiger partial charge on any atom is 0.412 e. The van der Waals surface area contributed by atoms with Crippen molar-refractivity contribution in [3.05, 3.63) is 59.9 Å². The van der Waals surface area contributed by atoms with Gasteiger partial charge in [0.15, 0.2) is 0 Å². The normalized spacial score (nSPS) is 26.2. The molecule has 2 aliphatic heterocycles. The van der Waals surface area contributed by atoms with Crippen molar-refractivity contribution in [3.8, 4) is 0 Å². The number of esters is 1. The number of amides is 4. The van der Waals surface area contributed by atoms with E-state index in [1.807, 2.05) is 36.4 Å². The minimum atomic E-state index is -1.24. The molecule has 4 atom stereocenters. The van der Waals surface area contributed by atoms with E-state index in [1.54, 1.807) is 4.90 Å². The Morgan fingerprint density at radius 1 is 1.09 bits per heavy atom. The second-order valence-corrected chi connectivity index (χ2v) is 11.2. The zero-order valence-electron chi connectivity index (χ0n) is 24.7. The van der Waals surface area contributed by atoms with Crippen LogP contribution in [0.15, 0.2) is 48.8 Å². The smallest absolute Gasteiger partial charge is 0.412 e. The third kappa shape index (κ3) is 8.14. The van der Waals surface area contributed by atoms with Crippen LogP contribution in [0.2, 0.25) is 0 Å². The fourth-order valence-corrected chi connectivity index (χ4v) is 5.44. The molecule has 0 aromatic heterocycles. The van der Waals surface area contributed by atoms with E-state index >= 15 is 0 Å². The maximum absolute atomic E-state index is 13.6. The summed E-state index contributed by atoms with van der Waals surface area (Å²) < 4.78 is 15.5. The van der Waals surface area contributed by atoms with Crippen molar-refractivity contribution >= 4 is 30.0 Å². The SMILES string of the molecule is C=C(C)OC(=O)N[C@H]1CCCCC/C=C\C2C[C@@]2(C(=O)OC)NC(=O)[C@H](CCOC(=O)N2Cc3ccccc3C2)NC1=O. The molecule has 4 rings (SSSR count). The molecule has 3 aliphatic rings. The Morgan fingerprint density at radius 2 is 1.81 bits per heavy atom. The van der Waals surface area contributed by atoms with Crippen LogP contribution in [0.1, 0.15) is 63.0 Å². The molecule has 1 aliphatic carbocycles. The van der Waals surface area contributed by atoms with Gasteiger partial charge in [0.05, 0.1) is 19.5 Å². The molecular formula is C31H40N4O8. The fraction of sp³-hybridized carbons (Fsp3) is 0.516. The number of nitrogens with zero attached hydrogens (tertiary/aromatic N) is 1. The molecule has 0 radical (unpaired) electrons. The van der Waals surface area contributed by atoms with Gasteiger partial charge in [-0.05, 0) is 43.7 Å². The number of ether oxygens (including phenoxy) is 3. The molecule has 1 fully saturated rings. The Morgan fingerprint density at radius 3 is 2.49 bits per heavy atom. The number of carbonyl (C=O) groups excluding carboxylic acids is 5. The lowest BCUT2D eigenvalue weighted by atomic mass is 10.1. The van der Waals surface area contributed by atoms with Gasteiger partial charge in [0.2, 0.25) is 11.8 Å². The van der Waals surface area contributed by atoms with E-state index in [1.165, 1.54) is 14.0 Å². The predicted octanol–water partition coefficient (Wildman–Crippen LogP) is 3.21. The van der Waals surface area contributed by atoms with E-state index in [9.17, 15) is 24.0 Å². The number of carbonyl (C=O) groups is 5. The quantitative estimate of drug-likeness (QED) is 0.196. The Kier molecular flexibility index (Phi) is 10.4. The number of benzene rings is 1. The summed E-state index contributed by atoms with van der Waals surface area (Å²) in [5.41, 5.74) is 0.836. The maximum atomic E-state index is 13.6. The highest BCUT2D eigenvalue weighted by Crippen LogP contribution is 2.45. The minimum Gasteiger partial charge on any atom is -0.467 e. The number of methoxy groups -OCH3 is 1. The number of rotatable bonds is 6. The van der Waals surface area contributed by atoms with Gasteiger partial charge in [-0.3, -0.25) is 14.5 Å². The molecule has 1 unspecified atom stereocenters. The molecule has 12 nitrogen and oxygen atoms in total. The summed E-state index contributed by atoms with van der Waals surface area (Å²) in [5.74, 6) is -1.89. The fourth-order valence-electron chi connectivity index (χ4n) is 5.44. The topological polar surface area (TPSA) is 152 Å². The molecule has 1 aromatic rings. The number of fused-ring (bicyclic) bond motifs is 2. The van der Waals surface area contributed by atoms with Gasteiger partial charge >= 0.3 is 18.2 Å². The van der Waals surface area contributed by atoms with Crippen LogP contribution < -0.4 is 16.0 Å². The number of allylic oxidation sites excluding steroid dienone is 2. The lowest BCUT2D eigenvalue weighted by Crippen LogP contribution is -2.57. The third-order valence-electron chi connectivity index (χ3n) is 7.88. The van der Waals surface area contributed by atoms with Gasteiger partial charge in [-0.25, -0.2) is 14.4 Å². The minimum absolute atomic E-state index is 0.0647. The van der Waals surface area contributed by atoms with Crippen molar-refractivity contribution in [1.29, 1.82) is 0 Å². The van der Waals surface area contributed by atoms with E-state index in [4.69, 9.17) is 14.2 Å². The van der Waals surface area contributed by atoms with Gasteiger partial charge < -0.3 is 30.2 Å². The molecule has 2 heterocycles. The first-order chi connectivity index (χ1) is 20.6. The Balaban J connectivity index is 1.47.